The van der Waals surface area contributed by atoms with Crippen LogP contribution in [-0.4, -0.2) is 17.8 Å². The summed E-state index contributed by atoms with van der Waals surface area (Å²) in [7, 11) is 0. The van der Waals surface area contributed by atoms with Gasteiger partial charge in [-0.3, -0.25) is 4.79 Å². The summed E-state index contributed by atoms with van der Waals surface area (Å²) in [4.78, 5) is 15.2. The maximum Gasteiger partial charge on any atom is 0.227 e. The Balaban J connectivity index is 2.21. The van der Waals surface area contributed by atoms with Gasteiger partial charge in [-0.05, 0) is 30.7 Å². The molecule has 2 nitrogen and oxygen atoms in total. The van der Waals surface area contributed by atoms with Crippen LogP contribution in [-0.2, 0) is 11.2 Å². The molecule has 0 radical (unpaired) electrons. The highest BCUT2D eigenvalue weighted by molar-refractivity contribution is 9.09. The number of aryl methyl sites for hydroxylation is 1. The first-order valence-corrected chi connectivity index (χ1v) is 7.25. The third kappa shape index (κ3) is 2.42. The van der Waals surface area contributed by atoms with Crippen LogP contribution in [0.3, 0.4) is 0 Å². The average Bonchev–Trinajstić information content (AvgIpc) is 2.62. The highest BCUT2D eigenvalue weighted by Gasteiger charge is 2.22. The molecule has 0 fully saturated rings. The van der Waals surface area contributed by atoms with E-state index in [9.17, 15) is 4.79 Å². The molecule has 1 amide bonds. The van der Waals surface area contributed by atoms with Gasteiger partial charge in [-0.2, -0.15) is 0 Å². The average molecular weight is 288 g/mol. The monoisotopic (exact) mass is 287 g/mol. The van der Waals surface area contributed by atoms with E-state index in [0.717, 1.165) is 36.8 Å². The SMILES string of the molecule is O=C1CCCc2sccc2N1CCCBr. The van der Waals surface area contributed by atoms with Gasteiger partial charge in [-0.25, -0.2) is 0 Å². The van der Waals surface area contributed by atoms with Gasteiger partial charge in [-0.15, -0.1) is 11.3 Å². The Labute approximate surface area is 102 Å². The molecule has 1 aliphatic rings. The summed E-state index contributed by atoms with van der Waals surface area (Å²) in [6.45, 7) is 0.841. The van der Waals surface area contributed by atoms with Crippen molar-refractivity contribution >= 4 is 38.9 Å². The maximum atomic E-state index is 11.9. The Morgan fingerprint density at radius 1 is 1.47 bits per heavy atom. The van der Waals surface area contributed by atoms with Crippen molar-refractivity contribution in [2.75, 3.05) is 16.8 Å². The van der Waals surface area contributed by atoms with Crippen molar-refractivity contribution in [1.29, 1.82) is 0 Å². The molecule has 1 aromatic heterocycles. The molecular formula is C11H14BrNOS. The lowest BCUT2D eigenvalue weighted by molar-refractivity contribution is -0.118. The summed E-state index contributed by atoms with van der Waals surface area (Å²) in [5.41, 5.74) is 1.16. The Bertz CT molecular complexity index is 350. The number of amides is 1. The second kappa shape index (κ2) is 5.12. The molecule has 0 aromatic carbocycles. The Morgan fingerprint density at radius 2 is 2.33 bits per heavy atom. The number of rotatable bonds is 3. The van der Waals surface area contributed by atoms with Gasteiger partial charge in [0, 0.05) is 23.2 Å². The molecule has 2 heterocycles. The number of halogens is 1. The standard InChI is InChI=1S/C11H14BrNOS/c12-6-2-7-13-9-5-8-15-10(9)3-1-4-11(13)14/h5,8H,1-4,6-7H2. The summed E-state index contributed by atoms with van der Waals surface area (Å²) >= 11 is 5.18. The van der Waals surface area contributed by atoms with Crippen LogP contribution < -0.4 is 4.90 Å². The molecule has 15 heavy (non-hydrogen) atoms. The van der Waals surface area contributed by atoms with Crippen LogP contribution in [0, 0.1) is 0 Å². The van der Waals surface area contributed by atoms with Crippen LogP contribution in [0.1, 0.15) is 24.1 Å². The Hall–Kier alpha value is -0.350. The molecule has 4 heteroatoms. The second-order valence-corrected chi connectivity index (χ2v) is 5.46. The summed E-state index contributed by atoms with van der Waals surface area (Å²) in [6.07, 6.45) is 3.77. The topological polar surface area (TPSA) is 20.3 Å². The van der Waals surface area contributed by atoms with Gasteiger partial charge < -0.3 is 4.90 Å². The molecule has 1 aromatic rings. The number of anilines is 1. The van der Waals surface area contributed by atoms with Crippen molar-refractivity contribution in [3.63, 3.8) is 0 Å². The third-order valence-electron chi connectivity index (χ3n) is 2.62. The zero-order valence-electron chi connectivity index (χ0n) is 8.54. The van der Waals surface area contributed by atoms with E-state index in [0.29, 0.717) is 6.42 Å². The van der Waals surface area contributed by atoms with Crippen molar-refractivity contribution in [2.45, 2.75) is 25.7 Å². The fourth-order valence-corrected chi connectivity index (χ4v) is 3.07. The quantitative estimate of drug-likeness (QED) is 0.782. The van der Waals surface area contributed by atoms with Gasteiger partial charge >= 0.3 is 0 Å². The molecule has 0 bridgehead atoms. The number of fused-ring (bicyclic) bond motifs is 1. The Morgan fingerprint density at radius 3 is 3.13 bits per heavy atom. The van der Waals surface area contributed by atoms with E-state index in [1.165, 1.54) is 4.88 Å². The lowest BCUT2D eigenvalue weighted by Crippen LogP contribution is -2.30. The lowest BCUT2D eigenvalue weighted by Gasteiger charge is -2.20. The van der Waals surface area contributed by atoms with E-state index in [-0.39, 0.29) is 5.91 Å². The van der Waals surface area contributed by atoms with E-state index in [4.69, 9.17) is 0 Å². The molecular weight excluding hydrogens is 274 g/mol. The van der Waals surface area contributed by atoms with Crippen molar-refractivity contribution in [3.05, 3.63) is 16.3 Å². The van der Waals surface area contributed by atoms with Gasteiger partial charge in [0.05, 0.1) is 5.69 Å². The number of thiophene rings is 1. The molecule has 0 N–H and O–H groups in total. The van der Waals surface area contributed by atoms with Crippen LogP contribution in [0.25, 0.3) is 0 Å². The van der Waals surface area contributed by atoms with Gasteiger partial charge in [0.25, 0.3) is 0 Å². The van der Waals surface area contributed by atoms with Crippen LogP contribution in [0.2, 0.25) is 0 Å². The van der Waals surface area contributed by atoms with Crippen molar-refractivity contribution < 1.29 is 4.79 Å². The molecule has 0 spiro atoms. The minimum absolute atomic E-state index is 0.285. The van der Waals surface area contributed by atoms with Crippen LogP contribution in [0.15, 0.2) is 11.4 Å². The zero-order valence-corrected chi connectivity index (χ0v) is 10.9. The summed E-state index contributed by atoms with van der Waals surface area (Å²) < 4.78 is 0. The smallest absolute Gasteiger partial charge is 0.227 e. The molecule has 0 saturated heterocycles. The highest BCUT2D eigenvalue weighted by atomic mass is 79.9. The minimum Gasteiger partial charge on any atom is -0.311 e. The van der Waals surface area contributed by atoms with Crippen LogP contribution >= 0.6 is 27.3 Å². The number of nitrogens with zero attached hydrogens (tertiary/aromatic N) is 1. The molecule has 0 unspecified atom stereocenters. The van der Waals surface area contributed by atoms with Gasteiger partial charge in [0.15, 0.2) is 0 Å². The molecule has 1 aliphatic heterocycles. The first kappa shape index (κ1) is 11.1. The van der Waals surface area contributed by atoms with Gasteiger partial charge in [-0.1, -0.05) is 15.9 Å². The number of hydrogen-bond acceptors (Lipinski definition) is 2. The van der Waals surface area contributed by atoms with E-state index >= 15 is 0 Å². The second-order valence-electron chi connectivity index (χ2n) is 3.67. The fourth-order valence-electron chi connectivity index (χ4n) is 1.89. The van der Waals surface area contributed by atoms with E-state index < -0.39 is 0 Å². The maximum absolute atomic E-state index is 11.9. The summed E-state index contributed by atoms with van der Waals surface area (Å²) in [5, 5.41) is 3.04. The lowest BCUT2D eigenvalue weighted by atomic mass is 10.2. The normalized spacial score (nSPS) is 16.3. The predicted octanol–water partition coefficient (Wildman–Crippen LogP) is 3.20. The molecule has 0 saturated carbocycles. The number of alkyl halides is 1. The summed E-state index contributed by atoms with van der Waals surface area (Å²) in [5.74, 6) is 0.285. The molecule has 2 rings (SSSR count). The molecule has 0 atom stereocenters. The largest absolute Gasteiger partial charge is 0.311 e. The number of carbonyl (C=O) groups excluding carboxylic acids is 1. The van der Waals surface area contributed by atoms with Gasteiger partial charge in [0.2, 0.25) is 5.91 Å². The third-order valence-corrected chi connectivity index (χ3v) is 4.15. The van der Waals surface area contributed by atoms with Gasteiger partial charge in [0.1, 0.15) is 0 Å². The van der Waals surface area contributed by atoms with Crippen molar-refractivity contribution in [3.8, 4) is 0 Å². The van der Waals surface area contributed by atoms with E-state index in [1.54, 1.807) is 11.3 Å². The van der Waals surface area contributed by atoms with Crippen LogP contribution in [0.4, 0.5) is 5.69 Å². The first-order chi connectivity index (χ1) is 7.33. The summed E-state index contributed by atoms with van der Waals surface area (Å²) in [6, 6.07) is 2.08. The molecule has 0 aliphatic carbocycles. The number of carbonyl (C=O) groups is 1. The Kier molecular flexibility index (Phi) is 3.81. The number of hydrogen-bond donors (Lipinski definition) is 0. The minimum atomic E-state index is 0.285. The van der Waals surface area contributed by atoms with E-state index in [2.05, 4.69) is 27.4 Å². The predicted molar refractivity (Wildman–Crippen MR) is 68.0 cm³/mol. The van der Waals surface area contributed by atoms with Crippen LogP contribution in [0.5, 0.6) is 0 Å². The van der Waals surface area contributed by atoms with Crippen molar-refractivity contribution in [2.24, 2.45) is 0 Å². The highest BCUT2D eigenvalue weighted by Crippen LogP contribution is 2.31. The fraction of sp³-hybridized carbons (Fsp3) is 0.545. The zero-order chi connectivity index (χ0) is 10.7. The van der Waals surface area contributed by atoms with E-state index in [1.807, 2.05) is 4.90 Å². The first-order valence-electron chi connectivity index (χ1n) is 5.25. The molecule has 82 valence electrons. The van der Waals surface area contributed by atoms with Crippen molar-refractivity contribution in [1.82, 2.24) is 0 Å².